The van der Waals surface area contributed by atoms with Crippen molar-refractivity contribution in [3.05, 3.63) is 113 Å². The van der Waals surface area contributed by atoms with Gasteiger partial charge >= 0.3 is 0 Å². The maximum absolute atomic E-state index is 9.35. The molecule has 3 rings (SSSR count). The number of hydrogen-bond donors (Lipinski definition) is 0. The molecule has 3 heteroatoms. The van der Waals surface area contributed by atoms with Crippen molar-refractivity contribution in [2.45, 2.75) is 13.8 Å². The van der Waals surface area contributed by atoms with E-state index in [1.807, 2.05) is 42.5 Å². The van der Waals surface area contributed by atoms with E-state index in [1.54, 1.807) is 6.08 Å². The summed E-state index contributed by atoms with van der Waals surface area (Å²) < 4.78 is 3.09. The minimum absolute atomic E-state index is 0.659. The highest BCUT2D eigenvalue weighted by molar-refractivity contribution is 9.11. The number of allylic oxidation sites excluding steroid dienone is 7. The Morgan fingerprint density at radius 1 is 1.17 bits per heavy atom. The number of aryl methyl sites for hydroxylation is 1. The first-order valence-corrected chi connectivity index (χ1v) is 10.4. The lowest BCUT2D eigenvalue weighted by Gasteiger charge is -2.15. The molecule has 0 aliphatic rings. The standard InChI is InChI=1S/C27H23BrN2/c1-5-6-13-25-21(4)24-17-22(18-29)15-16-27(24)30(25)26-14-8-7-12-23(26)19(2)10-9-11-20(3)28/h5-17H,1,3H2,2,4H3/b11-9-,13-6-,19-10+. The van der Waals surface area contributed by atoms with Gasteiger partial charge in [0.15, 0.2) is 0 Å². The van der Waals surface area contributed by atoms with E-state index in [0.717, 1.165) is 43.5 Å². The molecule has 2 nitrogen and oxygen atoms in total. The first kappa shape index (κ1) is 21.4. The van der Waals surface area contributed by atoms with Crippen molar-refractivity contribution in [2.24, 2.45) is 0 Å². The number of fused-ring (bicyclic) bond motifs is 1. The first-order chi connectivity index (χ1) is 14.5. The Balaban J connectivity index is 2.32. The number of benzene rings is 2. The highest BCUT2D eigenvalue weighted by Crippen LogP contribution is 2.34. The summed E-state index contributed by atoms with van der Waals surface area (Å²) in [5.41, 5.74) is 7.30. The highest BCUT2D eigenvalue weighted by Gasteiger charge is 2.16. The van der Waals surface area contributed by atoms with Gasteiger partial charge in [-0.15, -0.1) is 0 Å². The van der Waals surface area contributed by atoms with Crippen LogP contribution < -0.4 is 0 Å². The Morgan fingerprint density at radius 2 is 1.93 bits per heavy atom. The average molecular weight is 455 g/mol. The van der Waals surface area contributed by atoms with Gasteiger partial charge in [-0.25, -0.2) is 0 Å². The quantitative estimate of drug-likeness (QED) is 0.348. The average Bonchev–Trinajstić information content (AvgIpc) is 3.02. The van der Waals surface area contributed by atoms with E-state index in [1.165, 1.54) is 0 Å². The first-order valence-electron chi connectivity index (χ1n) is 9.61. The Bertz CT molecular complexity index is 1260. The number of nitrogens with zero attached hydrogens (tertiary/aromatic N) is 2. The fraction of sp³-hybridized carbons (Fsp3) is 0.0741. The number of hydrogen-bond acceptors (Lipinski definition) is 1. The molecule has 0 saturated carbocycles. The summed E-state index contributed by atoms with van der Waals surface area (Å²) in [7, 11) is 0. The third kappa shape index (κ3) is 4.30. The molecule has 0 atom stereocenters. The second-order valence-electron chi connectivity index (χ2n) is 6.96. The van der Waals surface area contributed by atoms with Crippen molar-refractivity contribution < 1.29 is 0 Å². The molecular weight excluding hydrogens is 432 g/mol. The van der Waals surface area contributed by atoms with E-state index in [9.17, 15) is 5.26 Å². The van der Waals surface area contributed by atoms with Crippen LogP contribution in [0.15, 0.2) is 90.5 Å². The summed E-state index contributed by atoms with van der Waals surface area (Å²) in [6, 6.07) is 16.5. The molecule has 0 amide bonds. The van der Waals surface area contributed by atoms with Crippen molar-refractivity contribution in [3.8, 4) is 11.8 Å². The number of nitriles is 1. The minimum atomic E-state index is 0.659. The molecule has 0 saturated heterocycles. The minimum Gasteiger partial charge on any atom is -0.309 e. The zero-order valence-electron chi connectivity index (χ0n) is 17.2. The number of aromatic nitrogens is 1. The van der Waals surface area contributed by atoms with Gasteiger partial charge in [-0.1, -0.05) is 71.6 Å². The van der Waals surface area contributed by atoms with E-state index < -0.39 is 0 Å². The second-order valence-corrected chi connectivity index (χ2v) is 7.98. The van der Waals surface area contributed by atoms with Gasteiger partial charge in [-0.05, 0) is 61.4 Å². The van der Waals surface area contributed by atoms with Crippen molar-refractivity contribution in [3.63, 3.8) is 0 Å². The fourth-order valence-electron chi connectivity index (χ4n) is 3.54. The van der Waals surface area contributed by atoms with E-state index in [4.69, 9.17) is 0 Å². The van der Waals surface area contributed by atoms with Gasteiger partial charge in [0.05, 0.1) is 22.8 Å². The predicted molar refractivity (Wildman–Crippen MR) is 133 cm³/mol. The molecule has 3 aromatic rings. The lowest BCUT2D eigenvalue weighted by atomic mass is 10.0. The van der Waals surface area contributed by atoms with Gasteiger partial charge < -0.3 is 4.57 Å². The second kappa shape index (κ2) is 9.43. The molecule has 0 spiro atoms. The van der Waals surface area contributed by atoms with Crippen molar-refractivity contribution in [2.75, 3.05) is 0 Å². The normalized spacial score (nSPS) is 12.0. The maximum atomic E-state index is 9.35. The van der Waals surface area contributed by atoms with Gasteiger partial charge in [0.25, 0.3) is 0 Å². The van der Waals surface area contributed by atoms with Crippen LogP contribution in [-0.4, -0.2) is 4.57 Å². The molecule has 0 bridgehead atoms. The molecule has 0 radical (unpaired) electrons. The van der Waals surface area contributed by atoms with Crippen LogP contribution in [0.3, 0.4) is 0 Å². The molecular formula is C27H23BrN2. The monoisotopic (exact) mass is 454 g/mol. The smallest absolute Gasteiger partial charge is 0.0991 e. The summed E-state index contributed by atoms with van der Waals surface area (Å²) in [6.45, 7) is 11.9. The SMILES string of the molecule is C=C/C=C\c1c(C)c2cc(C#N)ccc2n1-c1ccccc1/C(C)=C/C=C\C(=C)Br. The molecule has 1 aromatic heterocycles. The zero-order valence-corrected chi connectivity index (χ0v) is 18.8. The predicted octanol–water partition coefficient (Wildman–Crippen LogP) is 7.88. The van der Waals surface area contributed by atoms with Gasteiger partial charge in [-0.3, -0.25) is 0 Å². The van der Waals surface area contributed by atoms with Crippen LogP contribution in [0.1, 0.15) is 29.3 Å². The van der Waals surface area contributed by atoms with E-state index in [2.05, 4.69) is 83.9 Å². The molecule has 1 heterocycles. The molecule has 0 fully saturated rings. The molecule has 0 aliphatic carbocycles. The van der Waals surface area contributed by atoms with Gasteiger partial charge in [-0.2, -0.15) is 5.26 Å². The summed E-state index contributed by atoms with van der Waals surface area (Å²) in [5, 5.41) is 10.4. The Labute approximate surface area is 186 Å². The van der Waals surface area contributed by atoms with Crippen molar-refractivity contribution in [1.82, 2.24) is 4.57 Å². The Morgan fingerprint density at radius 3 is 2.63 bits per heavy atom. The lowest BCUT2D eigenvalue weighted by Crippen LogP contribution is -2.01. The van der Waals surface area contributed by atoms with Gasteiger partial charge in [0.2, 0.25) is 0 Å². The molecule has 0 N–H and O–H groups in total. The fourth-order valence-corrected chi connectivity index (χ4v) is 3.70. The lowest BCUT2D eigenvalue weighted by molar-refractivity contribution is 1.09. The van der Waals surface area contributed by atoms with Crippen LogP contribution in [0.25, 0.3) is 28.2 Å². The van der Waals surface area contributed by atoms with Crippen LogP contribution in [-0.2, 0) is 0 Å². The number of halogens is 1. The third-order valence-corrected chi connectivity index (χ3v) is 5.24. The largest absolute Gasteiger partial charge is 0.309 e. The summed E-state index contributed by atoms with van der Waals surface area (Å²) in [5.74, 6) is 0. The number of para-hydroxylation sites is 1. The Kier molecular flexibility index (Phi) is 6.72. The topological polar surface area (TPSA) is 28.7 Å². The van der Waals surface area contributed by atoms with Gasteiger partial charge in [0.1, 0.15) is 0 Å². The summed E-state index contributed by atoms with van der Waals surface area (Å²) in [4.78, 5) is 0. The van der Waals surface area contributed by atoms with E-state index in [0.29, 0.717) is 5.56 Å². The molecule has 148 valence electrons. The summed E-state index contributed by atoms with van der Waals surface area (Å²) in [6.07, 6.45) is 11.8. The van der Waals surface area contributed by atoms with Crippen molar-refractivity contribution >= 4 is 38.5 Å². The maximum Gasteiger partial charge on any atom is 0.0991 e. The molecule has 30 heavy (non-hydrogen) atoms. The van der Waals surface area contributed by atoms with Crippen LogP contribution in [0, 0.1) is 18.3 Å². The van der Waals surface area contributed by atoms with Crippen LogP contribution >= 0.6 is 15.9 Å². The summed E-state index contributed by atoms with van der Waals surface area (Å²) >= 11 is 3.35. The zero-order chi connectivity index (χ0) is 21.7. The Hall–Kier alpha value is -3.35. The number of rotatable bonds is 6. The van der Waals surface area contributed by atoms with Crippen LogP contribution in [0.2, 0.25) is 0 Å². The van der Waals surface area contributed by atoms with Crippen molar-refractivity contribution in [1.29, 1.82) is 5.26 Å². The highest BCUT2D eigenvalue weighted by atomic mass is 79.9. The van der Waals surface area contributed by atoms with E-state index >= 15 is 0 Å². The molecule has 2 aromatic carbocycles. The van der Waals surface area contributed by atoms with Crippen LogP contribution in [0.4, 0.5) is 0 Å². The van der Waals surface area contributed by atoms with Gasteiger partial charge in [0, 0.05) is 21.1 Å². The molecule has 0 aliphatic heterocycles. The van der Waals surface area contributed by atoms with E-state index in [-0.39, 0.29) is 0 Å². The molecule has 0 unspecified atom stereocenters. The van der Waals surface area contributed by atoms with Crippen LogP contribution in [0.5, 0.6) is 0 Å². The third-order valence-electron chi connectivity index (χ3n) is 4.98.